The summed E-state index contributed by atoms with van der Waals surface area (Å²) in [5.74, 6) is 0.0515. The third kappa shape index (κ3) is 4.27. The van der Waals surface area contributed by atoms with Crippen molar-refractivity contribution >= 4 is 50.6 Å². The number of aromatic nitrogens is 2. The maximum atomic E-state index is 12.4. The van der Waals surface area contributed by atoms with Gasteiger partial charge in [0.25, 0.3) is 10.0 Å². The lowest BCUT2D eigenvalue weighted by molar-refractivity contribution is 0.600. The minimum absolute atomic E-state index is 0.0515. The minimum Gasteiger partial charge on any atom is -0.265 e. The van der Waals surface area contributed by atoms with Gasteiger partial charge in [0, 0.05) is 16.2 Å². The number of rotatable bonds is 5. The number of benzene rings is 2. The Bertz CT molecular complexity index is 1000. The lowest BCUT2D eigenvalue weighted by atomic mass is 10.2. The summed E-state index contributed by atoms with van der Waals surface area (Å²) in [5.41, 5.74) is 0.780. The van der Waals surface area contributed by atoms with E-state index in [0.717, 1.165) is 5.56 Å². The van der Waals surface area contributed by atoms with Gasteiger partial charge in [0.1, 0.15) is 5.02 Å². The smallest absolute Gasteiger partial charge is 0.263 e. The second kappa shape index (κ2) is 7.25. The van der Waals surface area contributed by atoms with E-state index < -0.39 is 10.0 Å². The third-order valence-electron chi connectivity index (χ3n) is 3.35. The van der Waals surface area contributed by atoms with Crippen molar-refractivity contribution in [2.24, 2.45) is 0 Å². The van der Waals surface area contributed by atoms with Gasteiger partial charge in [-0.1, -0.05) is 59.1 Å². The molecule has 0 radical (unpaired) electrons. The Morgan fingerprint density at radius 2 is 1.72 bits per heavy atom. The summed E-state index contributed by atoms with van der Waals surface area (Å²) < 4.78 is 28.6. The molecule has 0 bridgehead atoms. The lowest BCUT2D eigenvalue weighted by Crippen LogP contribution is -2.14. The Hall–Kier alpha value is -1.73. The predicted octanol–water partition coefficient (Wildman–Crippen LogP) is 4.69. The van der Waals surface area contributed by atoms with Gasteiger partial charge in [0.15, 0.2) is 5.82 Å². The van der Waals surface area contributed by atoms with Crippen LogP contribution in [0.3, 0.4) is 0 Å². The van der Waals surface area contributed by atoms with Gasteiger partial charge < -0.3 is 0 Å². The van der Waals surface area contributed by atoms with Crippen LogP contribution in [0.15, 0.2) is 59.6 Å². The zero-order valence-electron chi connectivity index (χ0n) is 12.7. The molecule has 0 unspecified atom stereocenters. The van der Waals surface area contributed by atoms with Gasteiger partial charge >= 0.3 is 0 Å². The first kappa shape index (κ1) is 18.1. The molecule has 0 aliphatic heterocycles. The first-order chi connectivity index (χ1) is 11.8. The van der Waals surface area contributed by atoms with Crippen molar-refractivity contribution in [3.05, 3.63) is 75.4 Å². The molecule has 5 nitrogen and oxygen atoms in total. The summed E-state index contributed by atoms with van der Waals surface area (Å²) in [6, 6.07) is 13.1. The number of halogens is 3. The molecule has 1 heterocycles. The molecule has 25 heavy (non-hydrogen) atoms. The minimum atomic E-state index is -3.76. The summed E-state index contributed by atoms with van der Waals surface area (Å²) >= 11 is 18.1. The molecular formula is C16H12Cl3N3O2S. The van der Waals surface area contributed by atoms with E-state index in [1.807, 2.05) is 0 Å². The molecule has 0 fully saturated rings. The van der Waals surface area contributed by atoms with Gasteiger partial charge in [-0.05, 0) is 29.8 Å². The van der Waals surface area contributed by atoms with E-state index in [1.54, 1.807) is 36.4 Å². The molecule has 3 rings (SSSR count). The maximum absolute atomic E-state index is 12.4. The fourth-order valence-corrected chi connectivity index (χ4v) is 3.92. The monoisotopic (exact) mass is 415 g/mol. The van der Waals surface area contributed by atoms with Crippen molar-refractivity contribution in [3.8, 4) is 0 Å². The van der Waals surface area contributed by atoms with Crippen molar-refractivity contribution in [1.82, 2.24) is 9.78 Å². The van der Waals surface area contributed by atoms with Crippen LogP contribution in [0.4, 0.5) is 5.82 Å². The molecule has 3 aromatic rings. The third-order valence-corrected chi connectivity index (χ3v) is 5.57. The number of sulfonamides is 1. The molecule has 0 aliphatic rings. The van der Waals surface area contributed by atoms with Crippen LogP contribution >= 0.6 is 34.8 Å². The summed E-state index contributed by atoms with van der Waals surface area (Å²) in [6.07, 6.45) is 1.52. The highest BCUT2D eigenvalue weighted by molar-refractivity contribution is 7.92. The fourth-order valence-electron chi connectivity index (χ4n) is 2.16. The van der Waals surface area contributed by atoms with Gasteiger partial charge in [-0.15, -0.1) is 0 Å². The van der Waals surface area contributed by atoms with Crippen LogP contribution in [0.1, 0.15) is 5.56 Å². The Morgan fingerprint density at radius 3 is 2.40 bits per heavy atom. The zero-order chi connectivity index (χ0) is 18.0. The molecule has 130 valence electrons. The van der Waals surface area contributed by atoms with Crippen LogP contribution < -0.4 is 4.72 Å². The van der Waals surface area contributed by atoms with Crippen LogP contribution in [0.25, 0.3) is 0 Å². The van der Waals surface area contributed by atoms with Gasteiger partial charge in [-0.3, -0.25) is 9.40 Å². The van der Waals surface area contributed by atoms with Crippen molar-refractivity contribution in [1.29, 1.82) is 0 Å². The maximum Gasteiger partial charge on any atom is 0.263 e. The second-order valence-corrected chi connectivity index (χ2v) is 8.11. The molecule has 1 N–H and O–H groups in total. The molecule has 0 saturated carbocycles. The normalized spacial score (nSPS) is 11.5. The molecule has 0 spiro atoms. The van der Waals surface area contributed by atoms with E-state index in [9.17, 15) is 8.42 Å². The van der Waals surface area contributed by atoms with Gasteiger partial charge in [-0.2, -0.15) is 5.10 Å². The summed E-state index contributed by atoms with van der Waals surface area (Å²) in [4.78, 5) is 0.126. The van der Waals surface area contributed by atoms with E-state index in [2.05, 4.69) is 9.82 Å². The van der Waals surface area contributed by atoms with Gasteiger partial charge in [0.2, 0.25) is 0 Å². The lowest BCUT2D eigenvalue weighted by Gasteiger charge is -2.06. The van der Waals surface area contributed by atoms with Crippen molar-refractivity contribution in [2.45, 2.75) is 11.4 Å². The average Bonchev–Trinajstić information content (AvgIpc) is 2.90. The van der Waals surface area contributed by atoms with E-state index >= 15 is 0 Å². The first-order valence-corrected chi connectivity index (χ1v) is 9.71. The highest BCUT2D eigenvalue weighted by Crippen LogP contribution is 2.25. The van der Waals surface area contributed by atoms with E-state index in [0.29, 0.717) is 16.6 Å². The average molecular weight is 417 g/mol. The van der Waals surface area contributed by atoms with Crippen LogP contribution in [0.5, 0.6) is 0 Å². The molecule has 2 aromatic carbocycles. The Kier molecular flexibility index (Phi) is 5.24. The fraction of sp³-hybridized carbons (Fsp3) is 0.0625. The highest BCUT2D eigenvalue weighted by Gasteiger charge is 2.18. The molecule has 0 atom stereocenters. The standard InChI is InChI=1S/C16H12Cl3N3O2S/c17-12-7-6-11(14(18)8-12)9-22-10-15(19)16(20-22)21-25(23,24)13-4-2-1-3-5-13/h1-8,10H,9H2,(H,20,21). The molecular weight excluding hydrogens is 405 g/mol. The molecule has 1 aromatic heterocycles. The summed E-state index contributed by atoms with van der Waals surface area (Å²) in [7, 11) is -3.76. The van der Waals surface area contributed by atoms with E-state index in [4.69, 9.17) is 34.8 Å². The Balaban J connectivity index is 1.83. The number of hydrogen-bond acceptors (Lipinski definition) is 3. The summed E-state index contributed by atoms with van der Waals surface area (Å²) in [5, 5.41) is 5.39. The number of nitrogens with one attached hydrogen (secondary N) is 1. The topological polar surface area (TPSA) is 64.0 Å². The van der Waals surface area contributed by atoms with Crippen molar-refractivity contribution < 1.29 is 8.42 Å². The quantitative estimate of drug-likeness (QED) is 0.656. The SMILES string of the molecule is O=S(=O)(Nc1nn(Cc2ccc(Cl)cc2Cl)cc1Cl)c1ccccc1. The first-order valence-electron chi connectivity index (χ1n) is 7.10. The molecule has 0 amide bonds. The molecule has 9 heteroatoms. The van der Waals surface area contributed by atoms with Crippen LogP contribution in [-0.4, -0.2) is 18.2 Å². The number of anilines is 1. The van der Waals surface area contributed by atoms with E-state index in [1.165, 1.54) is 23.0 Å². The van der Waals surface area contributed by atoms with Crippen LogP contribution in [-0.2, 0) is 16.6 Å². The molecule has 0 aliphatic carbocycles. The van der Waals surface area contributed by atoms with Crippen LogP contribution in [0.2, 0.25) is 15.1 Å². The predicted molar refractivity (Wildman–Crippen MR) is 100 cm³/mol. The van der Waals surface area contributed by atoms with Crippen LogP contribution in [0, 0.1) is 0 Å². The van der Waals surface area contributed by atoms with E-state index in [-0.39, 0.29) is 15.7 Å². The number of nitrogens with zero attached hydrogens (tertiary/aromatic N) is 2. The second-order valence-electron chi connectivity index (χ2n) is 5.18. The Morgan fingerprint density at radius 1 is 1.00 bits per heavy atom. The van der Waals surface area contributed by atoms with Gasteiger partial charge in [0.05, 0.1) is 11.4 Å². The Labute approximate surface area is 160 Å². The molecule has 0 saturated heterocycles. The van der Waals surface area contributed by atoms with Crippen molar-refractivity contribution in [2.75, 3.05) is 4.72 Å². The largest absolute Gasteiger partial charge is 0.265 e. The number of hydrogen-bond donors (Lipinski definition) is 1. The summed E-state index contributed by atoms with van der Waals surface area (Å²) in [6.45, 7) is 0.322. The van der Waals surface area contributed by atoms with Gasteiger partial charge in [-0.25, -0.2) is 8.42 Å². The van der Waals surface area contributed by atoms with Crippen molar-refractivity contribution in [3.63, 3.8) is 0 Å². The highest BCUT2D eigenvalue weighted by atomic mass is 35.5. The zero-order valence-corrected chi connectivity index (χ0v) is 15.7.